The number of fused-ring (bicyclic) bond motifs is 1. The van der Waals surface area contributed by atoms with Crippen molar-refractivity contribution in [3.05, 3.63) is 48.5 Å². The third-order valence-electron chi connectivity index (χ3n) is 6.45. The summed E-state index contributed by atoms with van der Waals surface area (Å²) in [6.45, 7) is 2.64. The maximum absolute atomic E-state index is 12.6. The van der Waals surface area contributed by atoms with Crippen LogP contribution in [-0.4, -0.2) is 45.9 Å². The van der Waals surface area contributed by atoms with Gasteiger partial charge in [-0.05, 0) is 56.9 Å². The van der Waals surface area contributed by atoms with Crippen LogP contribution in [0.4, 0.5) is 0 Å². The van der Waals surface area contributed by atoms with Crippen molar-refractivity contribution in [3.63, 3.8) is 0 Å². The summed E-state index contributed by atoms with van der Waals surface area (Å²) in [5, 5.41) is 4.17. The Labute approximate surface area is 164 Å². The molecule has 2 aromatic heterocycles. The molecule has 2 aliphatic rings. The van der Waals surface area contributed by atoms with Gasteiger partial charge in [-0.2, -0.15) is 0 Å². The third-order valence-corrected chi connectivity index (χ3v) is 6.45. The number of carbonyl (C=O) groups excluding carboxylic acids is 1. The molecule has 144 valence electrons. The van der Waals surface area contributed by atoms with Crippen LogP contribution in [0.15, 0.2) is 42.7 Å². The van der Waals surface area contributed by atoms with Crippen LogP contribution >= 0.6 is 0 Å². The normalized spacial score (nSPS) is 21.1. The summed E-state index contributed by atoms with van der Waals surface area (Å²) in [7, 11) is 2.16. The molecule has 1 aromatic carbocycles. The first-order valence-electron chi connectivity index (χ1n) is 9.98. The monoisotopic (exact) mass is 375 g/mol. The van der Waals surface area contributed by atoms with E-state index in [-0.39, 0.29) is 17.2 Å². The molecule has 5 rings (SSSR count). The number of H-pyrrole nitrogens is 1. The van der Waals surface area contributed by atoms with E-state index in [9.17, 15) is 4.79 Å². The molecule has 28 heavy (non-hydrogen) atoms. The van der Waals surface area contributed by atoms with Crippen LogP contribution < -0.4 is 5.32 Å². The molecular formula is C22H25N5O. The maximum atomic E-state index is 12.6. The SMILES string of the molecule is CN1CCC2(CC1)C[C@@H]2C(=O)NCc1ncc(-c2cnc3ccccc3c2)[nH]1. The average molecular weight is 375 g/mol. The second-order valence-corrected chi connectivity index (χ2v) is 8.30. The quantitative estimate of drug-likeness (QED) is 0.735. The van der Waals surface area contributed by atoms with Gasteiger partial charge in [0.25, 0.3) is 0 Å². The molecule has 2 N–H and O–H groups in total. The van der Waals surface area contributed by atoms with Crippen molar-refractivity contribution in [1.82, 2.24) is 25.2 Å². The Balaban J connectivity index is 1.21. The lowest BCUT2D eigenvalue weighted by molar-refractivity contribution is -0.123. The molecule has 2 fully saturated rings. The first-order valence-corrected chi connectivity index (χ1v) is 9.98. The number of imidazole rings is 1. The number of amides is 1. The minimum atomic E-state index is 0.176. The van der Waals surface area contributed by atoms with Crippen molar-refractivity contribution in [2.75, 3.05) is 20.1 Å². The average Bonchev–Trinajstić information content (AvgIpc) is 3.22. The Bertz CT molecular complexity index is 1020. The van der Waals surface area contributed by atoms with Crippen molar-refractivity contribution in [2.45, 2.75) is 25.8 Å². The van der Waals surface area contributed by atoms with Gasteiger partial charge in [0.1, 0.15) is 5.82 Å². The zero-order valence-electron chi connectivity index (χ0n) is 16.1. The number of carbonyl (C=O) groups is 1. The van der Waals surface area contributed by atoms with Gasteiger partial charge >= 0.3 is 0 Å². The predicted molar refractivity (Wildman–Crippen MR) is 108 cm³/mol. The fraction of sp³-hybridized carbons (Fsp3) is 0.409. The van der Waals surface area contributed by atoms with Gasteiger partial charge in [-0.15, -0.1) is 0 Å². The summed E-state index contributed by atoms with van der Waals surface area (Å²) < 4.78 is 0. The maximum Gasteiger partial charge on any atom is 0.224 e. The number of likely N-dealkylation sites (tertiary alicyclic amines) is 1. The number of nitrogens with zero attached hydrogens (tertiary/aromatic N) is 3. The topological polar surface area (TPSA) is 73.9 Å². The van der Waals surface area contributed by atoms with Gasteiger partial charge in [-0.1, -0.05) is 18.2 Å². The van der Waals surface area contributed by atoms with Crippen LogP contribution in [0.25, 0.3) is 22.2 Å². The molecule has 1 aliphatic carbocycles. The lowest BCUT2D eigenvalue weighted by Gasteiger charge is -2.29. The molecular weight excluding hydrogens is 350 g/mol. The predicted octanol–water partition coefficient (Wildman–Crippen LogP) is 2.97. The van der Waals surface area contributed by atoms with Gasteiger partial charge in [0.2, 0.25) is 5.91 Å². The minimum absolute atomic E-state index is 0.176. The van der Waals surface area contributed by atoms with E-state index in [0.29, 0.717) is 6.54 Å². The number of hydrogen-bond donors (Lipinski definition) is 2. The molecule has 1 atom stereocenters. The Hall–Kier alpha value is -2.73. The lowest BCUT2D eigenvalue weighted by Crippen LogP contribution is -2.34. The van der Waals surface area contributed by atoms with Crippen LogP contribution in [-0.2, 0) is 11.3 Å². The molecule has 1 amide bonds. The number of hydrogen-bond acceptors (Lipinski definition) is 4. The number of para-hydroxylation sites is 1. The standard InChI is InChI=1S/C22H25N5O/c1-27-8-6-22(7-9-27)11-17(22)21(28)25-14-20-24-13-19(26-20)16-10-15-4-2-3-5-18(15)23-12-16/h2-5,10,12-13,17H,6-9,11,14H2,1H3,(H,24,26)(H,25,28)/t17-/m1/s1. The van der Waals surface area contributed by atoms with Crippen molar-refractivity contribution < 1.29 is 4.79 Å². The highest BCUT2D eigenvalue weighted by Crippen LogP contribution is 2.59. The minimum Gasteiger partial charge on any atom is -0.349 e. The molecule has 6 heteroatoms. The molecule has 3 aromatic rings. The smallest absolute Gasteiger partial charge is 0.224 e. The van der Waals surface area contributed by atoms with Gasteiger partial charge in [0.05, 0.1) is 24.0 Å². The highest BCUT2D eigenvalue weighted by molar-refractivity contribution is 5.83. The fourth-order valence-corrected chi connectivity index (χ4v) is 4.45. The fourth-order valence-electron chi connectivity index (χ4n) is 4.45. The summed E-state index contributed by atoms with van der Waals surface area (Å²) in [5.74, 6) is 1.13. The largest absolute Gasteiger partial charge is 0.349 e. The van der Waals surface area contributed by atoms with Crippen LogP contribution in [0.2, 0.25) is 0 Å². The molecule has 6 nitrogen and oxygen atoms in total. The van der Waals surface area contributed by atoms with E-state index in [2.05, 4.69) is 44.3 Å². The van der Waals surface area contributed by atoms with Gasteiger partial charge in [0, 0.05) is 23.1 Å². The van der Waals surface area contributed by atoms with E-state index < -0.39 is 0 Å². The molecule has 1 aliphatic heterocycles. The molecule has 0 bridgehead atoms. The van der Waals surface area contributed by atoms with Crippen LogP contribution in [0.5, 0.6) is 0 Å². The Morgan fingerprint density at radius 2 is 2.07 bits per heavy atom. The van der Waals surface area contributed by atoms with Crippen LogP contribution in [0.1, 0.15) is 25.1 Å². The van der Waals surface area contributed by atoms with Crippen molar-refractivity contribution in [3.8, 4) is 11.3 Å². The number of rotatable bonds is 4. The van der Waals surface area contributed by atoms with Gasteiger partial charge in [-0.25, -0.2) is 4.98 Å². The summed E-state index contributed by atoms with van der Waals surface area (Å²) in [6, 6.07) is 10.2. The highest BCUT2D eigenvalue weighted by atomic mass is 16.2. The van der Waals surface area contributed by atoms with Gasteiger partial charge < -0.3 is 15.2 Å². The molecule has 0 unspecified atom stereocenters. The zero-order valence-corrected chi connectivity index (χ0v) is 16.1. The summed E-state index contributed by atoms with van der Waals surface area (Å²) in [5.41, 5.74) is 3.16. The number of aromatic amines is 1. The first-order chi connectivity index (χ1) is 13.6. The molecule has 1 saturated carbocycles. The Morgan fingerprint density at radius 1 is 1.25 bits per heavy atom. The van der Waals surface area contributed by atoms with Crippen LogP contribution in [0.3, 0.4) is 0 Å². The first kappa shape index (κ1) is 17.4. The lowest BCUT2D eigenvalue weighted by atomic mass is 9.91. The molecule has 1 saturated heterocycles. The number of piperidine rings is 1. The van der Waals surface area contributed by atoms with E-state index in [0.717, 1.165) is 60.3 Å². The van der Waals surface area contributed by atoms with Gasteiger partial charge in [0.15, 0.2) is 0 Å². The van der Waals surface area contributed by atoms with E-state index in [1.165, 1.54) is 0 Å². The summed E-state index contributed by atoms with van der Waals surface area (Å²) >= 11 is 0. The number of aromatic nitrogens is 3. The van der Waals surface area contributed by atoms with Crippen LogP contribution in [0, 0.1) is 11.3 Å². The Kier molecular flexibility index (Phi) is 4.16. The van der Waals surface area contributed by atoms with Gasteiger partial charge in [-0.3, -0.25) is 9.78 Å². The molecule has 3 heterocycles. The zero-order chi connectivity index (χ0) is 19.1. The van der Waals surface area contributed by atoms with Crippen molar-refractivity contribution in [2.24, 2.45) is 11.3 Å². The Morgan fingerprint density at radius 3 is 2.93 bits per heavy atom. The molecule has 0 radical (unpaired) electrons. The van der Waals surface area contributed by atoms with E-state index in [1.807, 2.05) is 30.6 Å². The van der Waals surface area contributed by atoms with E-state index in [4.69, 9.17) is 0 Å². The number of benzene rings is 1. The molecule has 1 spiro atoms. The summed E-state index contributed by atoms with van der Waals surface area (Å²) in [6.07, 6.45) is 6.98. The summed E-state index contributed by atoms with van der Waals surface area (Å²) in [4.78, 5) is 27.2. The second-order valence-electron chi connectivity index (χ2n) is 8.30. The van der Waals surface area contributed by atoms with Crippen molar-refractivity contribution >= 4 is 16.8 Å². The third kappa shape index (κ3) is 3.18. The van der Waals surface area contributed by atoms with E-state index >= 15 is 0 Å². The second kappa shape index (κ2) is 6.71. The number of pyridine rings is 1. The number of nitrogens with one attached hydrogen (secondary N) is 2. The van der Waals surface area contributed by atoms with Crippen molar-refractivity contribution in [1.29, 1.82) is 0 Å². The highest BCUT2D eigenvalue weighted by Gasteiger charge is 2.58. The van der Waals surface area contributed by atoms with E-state index in [1.54, 1.807) is 0 Å².